The zero-order valence-electron chi connectivity index (χ0n) is 14.0. The van der Waals surface area contributed by atoms with Crippen LogP contribution in [-0.2, 0) is 6.54 Å². The maximum atomic E-state index is 13.3. The minimum absolute atomic E-state index is 0.107. The predicted molar refractivity (Wildman–Crippen MR) is 100 cm³/mol. The van der Waals surface area contributed by atoms with Gasteiger partial charge < -0.3 is 4.74 Å². The van der Waals surface area contributed by atoms with Crippen LogP contribution >= 0.6 is 11.6 Å². The van der Waals surface area contributed by atoms with E-state index in [-0.39, 0.29) is 11.3 Å². The Kier molecular flexibility index (Phi) is 4.18. The lowest BCUT2D eigenvalue weighted by Crippen LogP contribution is -2.45. The van der Waals surface area contributed by atoms with E-state index in [1.54, 1.807) is 23.1 Å². The van der Waals surface area contributed by atoms with Gasteiger partial charge in [-0.1, -0.05) is 18.2 Å². The molecular formula is C19H15ClN4O2. The molecule has 0 unspecified atom stereocenters. The number of amides is 2. The summed E-state index contributed by atoms with van der Waals surface area (Å²) in [6, 6.07) is 16.5. The van der Waals surface area contributed by atoms with Crippen molar-refractivity contribution in [2.75, 3.05) is 16.9 Å². The van der Waals surface area contributed by atoms with Gasteiger partial charge in [0.25, 0.3) is 0 Å². The lowest BCUT2D eigenvalue weighted by Gasteiger charge is -2.36. The van der Waals surface area contributed by atoms with Gasteiger partial charge in [-0.05, 0) is 48.0 Å². The molecule has 4 rings (SSSR count). The highest BCUT2D eigenvalue weighted by molar-refractivity contribution is 6.28. The highest BCUT2D eigenvalue weighted by Gasteiger charge is 2.34. The average molecular weight is 367 g/mol. The number of carbonyl (C=O) groups is 1. The number of urea groups is 1. The van der Waals surface area contributed by atoms with E-state index in [0.717, 1.165) is 17.0 Å². The largest absolute Gasteiger partial charge is 0.497 e. The molecule has 1 aliphatic heterocycles. The van der Waals surface area contributed by atoms with Gasteiger partial charge in [-0.2, -0.15) is 4.98 Å². The zero-order chi connectivity index (χ0) is 18.1. The molecule has 0 saturated carbocycles. The highest BCUT2D eigenvalue weighted by atomic mass is 35.5. The van der Waals surface area contributed by atoms with Crippen molar-refractivity contribution in [2.45, 2.75) is 6.54 Å². The summed E-state index contributed by atoms with van der Waals surface area (Å²) < 4.78 is 5.19. The molecule has 0 N–H and O–H groups in total. The summed E-state index contributed by atoms with van der Waals surface area (Å²) >= 11 is 5.98. The molecule has 0 fully saturated rings. The van der Waals surface area contributed by atoms with Crippen molar-refractivity contribution < 1.29 is 9.53 Å². The Hall–Kier alpha value is -3.12. The summed E-state index contributed by atoms with van der Waals surface area (Å²) in [6.45, 7) is 0.362. The third-order valence-electron chi connectivity index (χ3n) is 4.17. The van der Waals surface area contributed by atoms with Gasteiger partial charge in [-0.25, -0.2) is 14.7 Å². The maximum absolute atomic E-state index is 13.3. The minimum Gasteiger partial charge on any atom is -0.497 e. The number of methoxy groups -OCH3 is 1. The van der Waals surface area contributed by atoms with Crippen LogP contribution in [-0.4, -0.2) is 23.1 Å². The number of fused-ring (bicyclic) bond motifs is 1. The van der Waals surface area contributed by atoms with Gasteiger partial charge in [0.05, 0.1) is 19.3 Å². The van der Waals surface area contributed by atoms with E-state index in [1.165, 1.54) is 0 Å². The number of anilines is 3. The average Bonchev–Trinajstić information content (AvgIpc) is 2.68. The zero-order valence-corrected chi connectivity index (χ0v) is 14.7. The van der Waals surface area contributed by atoms with E-state index in [0.29, 0.717) is 18.1 Å². The van der Waals surface area contributed by atoms with Crippen LogP contribution in [0.3, 0.4) is 0 Å². The summed E-state index contributed by atoms with van der Waals surface area (Å²) in [5, 5.41) is 0.107. The number of halogens is 1. The van der Waals surface area contributed by atoms with Gasteiger partial charge in [0.2, 0.25) is 5.28 Å². The fraction of sp³-hybridized carbons (Fsp3) is 0.105. The van der Waals surface area contributed by atoms with Gasteiger partial charge in [-0.3, -0.25) is 4.90 Å². The Morgan fingerprint density at radius 3 is 2.46 bits per heavy atom. The van der Waals surface area contributed by atoms with Crippen LogP contribution in [0.15, 0.2) is 60.8 Å². The Balaban J connectivity index is 1.82. The molecule has 0 spiro atoms. The fourth-order valence-corrected chi connectivity index (χ4v) is 3.03. The Labute approximate surface area is 155 Å². The molecule has 0 bridgehead atoms. The molecule has 130 valence electrons. The third kappa shape index (κ3) is 2.84. The van der Waals surface area contributed by atoms with Gasteiger partial charge >= 0.3 is 6.03 Å². The third-order valence-corrected chi connectivity index (χ3v) is 4.36. The van der Waals surface area contributed by atoms with E-state index in [1.807, 2.05) is 54.6 Å². The van der Waals surface area contributed by atoms with E-state index in [2.05, 4.69) is 9.97 Å². The Morgan fingerprint density at radius 2 is 1.77 bits per heavy atom. The predicted octanol–water partition coefficient (Wildman–Crippen LogP) is 4.42. The lowest BCUT2D eigenvalue weighted by molar-refractivity contribution is 0.252. The number of carbonyl (C=O) groups excluding carboxylic acids is 1. The fourth-order valence-electron chi connectivity index (χ4n) is 2.91. The molecule has 2 amide bonds. The van der Waals surface area contributed by atoms with Crippen molar-refractivity contribution in [3.05, 3.63) is 71.6 Å². The standard InChI is InChI=1S/C19H15ClN4O2/c1-26-16-9-7-14(8-10-16)23-12-13-11-21-18(20)22-17(13)24(19(23)25)15-5-3-2-4-6-15/h2-11H,12H2,1H3. The van der Waals surface area contributed by atoms with E-state index in [9.17, 15) is 4.79 Å². The quantitative estimate of drug-likeness (QED) is 0.644. The lowest BCUT2D eigenvalue weighted by atomic mass is 10.1. The number of para-hydroxylation sites is 1. The molecule has 1 aromatic heterocycles. The van der Waals surface area contributed by atoms with Crippen molar-refractivity contribution in [1.82, 2.24) is 9.97 Å². The molecule has 0 atom stereocenters. The summed E-state index contributed by atoms with van der Waals surface area (Å²) in [7, 11) is 1.61. The van der Waals surface area contributed by atoms with Crippen LogP contribution in [0.1, 0.15) is 5.56 Å². The van der Waals surface area contributed by atoms with Crippen LogP contribution in [0.5, 0.6) is 5.75 Å². The van der Waals surface area contributed by atoms with E-state index >= 15 is 0 Å². The topological polar surface area (TPSA) is 58.6 Å². The summed E-state index contributed by atoms with van der Waals surface area (Å²) in [5.41, 5.74) is 2.29. The maximum Gasteiger partial charge on any atom is 0.335 e. The molecule has 6 nitrogen and oxygen atoms in total. The van der Waals surface area contributed by atoms with Crippen molar-refractivity contribution in [2.24, 2.45) is 0 Å². The SMILES string of the molecule is COc1ccc(N2Cc3cnc(Cl)nc3N(c3ccccc3)C2=O)cc1. The van der Waals surface area contributed by atoms with Crippen molar-refractivity contribution in [3.8, 4) is 5.75 Å². The van der Waals surface area contributed by atoms with Crippen molar-refractivity contribution in [3.63, 3.8) is 0 Å². The normalized spacial score (nSPS) is 13.5. The smallest absolute Gasteiger partial charge is 0.335 e. The van der Waals surface area contributed by atoms with Crippen LogP contribution in [0, 0.1) is 0 Å². The second-order valence-corrected chi connectivity index (χ2v) is 6.06. The number of hydrogen-bond donors (Lipinski definition) is 0. The molecule has 2 heterocycles. The van der Waals surface area contributed by atoms with Crippen LogP contribution in [0.2, 0.25) is 5.28 Å². The molecular weight excluding hydrogens is 352 g/mol. The first-order valence-electron chi connectivity index (χ1n) is 7.99. The first-order valence-corrected chi connectivity index (χ1v) is 8.37. The van der Waals surface area contributed by atoms with Gasteiger partial charge in [0, 0.05) is 17.4 Å². The second kappa shape index (κ2) is 6.65. The van der Waals surface area contributed by atoms with E-state index < -0.39 is 0 Å². The van der Waals surface area contributed by atoms with Crippen LogP contribution in [0.25, 0.3) is 0 Å². The number of hydrogen-bond acceptors (Lipinski definition) is 4. The van der Waals surface area contributed by atoms with Crippen LogP contribution in [0.4, 0.5) is 22.0 Å². The van der Waals surface area contributed by atoms with E-state index in [4.69, 9.17) is 16.3 Å². The summed E-state index contributed by atoms with van der Waals surface area (Å²) in [4.78, 5) is 24.9. The van der Waals surface area contributed by atoms with Crippen molar-refractivity contribution >= 4 is 34.8 Å². The first kappa shape index (κ1) is 16.4. The Bertz CT molecular complexity index is 948. The molecule has 7 heteroatoms. The molecule has 2 aromatic carbocycles. The number of nitrogens with zero attached hydrogens (tertiary/aromatic N) is 4. The van der Waals surface area contributed by atoms with Gasteiger partial charge in [0.1, 0.15) is 5.75 Å². The Morgan fingerprint density at radius 1 is 1.04 bits per heavy atom. The number of rotatable bonds is 3. The summed E-state index contributed by atoms with van der Waals surface area (Å²) in [6.07, 6.45) is 1.66. The first-order chi connectivity index (χ1) is 12.7. The molecule has 0 aliphatic carbocycles. The molecule has 3 aromatic rings. The van der Waals surface area contributed by atoms with Gasteiger partial charge in [0.15, 0.2) is 5.82 Å². The minimum atomic E-state index is -0.205. The number of ether oxygens (including phenoxy) is 1. The highest BCUT2D eigenvalue weighted by Crippen LogP contribution is 2.36. The molecule has 1 aliphatic rings. The monoisotopic (exact) mass is 366 g/mol. The summed E-state index contributed by atoms with van der Waals surface area (Å²) in [5.74, 6) is 1.24. The molecule has 0 saturated heterocycles. The van der Waals surface area contributed by atoms with Crippen LogP contribution < -0.4 is 14.5 Å². The van der Waals surface area contributed by atoms with Gasteiger partial charge in [-0.15, -0.1) is 0 Å². The second-order valence-electron chi connectivity index (χ2n) is 5.73. The number of aromatic nitrogens is 2. The molecule has 0 radical (unpaired) electrons. The number of benzene rings is 2. The molecule has 26 heavy (non-hydrogen) atoms. The van der Waals surface area contributed by atoms with Crippen molar-refractivity contribution in [1.29, 1.82) is 0 Å².